The van der Waals surface area contributed by atoms with Gasteiger partial charge in [-0.1, -0.05) is 45.4 Å². The molecular weight excluding hydrogens is 176 g/mol. The molecule has 1 atom stereocenters. The Balaban J connectivity index is 2.39. The topological polar surface area (TPSA) is 26.3 Å². The van der Waals surface area contributed by atoms with Gasteiger partial charge < -0.3 is 4.74 Å². The second-order valence-electron chi connectivity index (χ2n) is 4.35. The van der Waals surface area contributed by atoms with Crippen molar-refractivity contribution in [3.8, 4) is 0 Å². The van der Waals surface area contributed by atoms with Crippen LogP contribution in [-0.4, -0.2) is 13.1 Å². The lowest BCUT2D eigenvalue weighted by Crippen LogP contribution is -2.20. The van der Waals surface area contributed by atoms with Gasteiger partial charge in [0, 0.05) is 6.42 Å². The maximum absolute atomic E-state index is 11.2. The van der Waals surface area contributed by atoms with Crippen LogP contribution in [0, 0.1) is 11.8 Å². The van der Waals surface area contributed by atoms with Crippen molar-refractivity contribution < 1.29 is 9.53 Å². The first-order valence-corrected chi connectivity index (χ1v) is 5.84. The molecule has 14 heavy (non-hydrogen) atoms. The summed E-state index contributed by atoms with van der Waals surface area (Å²) in [6.07, 6.45) is 8.44. The van der Waals surface area contributed by atoms with Crippen LogP contribution in [-0.2, 0) is 9.53 Å². The zero-order valence-electron chi connectivity index (χ0n) is 9.42. The summed E-state index contributed by atoms with van der Waals surface area (Å²) in [7, 11) is 1.48. The van der Waals surface area contributed by atoms with Crippen LogP contribution in [0.4, 0.5) is 0 Å². The Morgan fingerprint density at radius 3 is 2.50 bits per heavy atom. The minimum Gasteiger partial charge on any atom is -0.469 e. The predicted molar refractivity (Wildman–Crippen MR) is 57.0 cm³/mol. The summed E-state index contributed by atoms with van der Waals surface area (Å²) in [5, 5.41) is 0. The highest BCUT2D eigenvalue weighted by atomic mass is 16.5. The molecule has 0 N–H and O–H groups in total. The molecule has 0 saturated heterocycles. The van der Waals surface area contributed by atoms with Crippen LogP contribution in [0.2, 0.25) is 0 Å². The monoisotopic (exact) mass is 198 g/mol. The Bertz CT molecular complexity index is 171. The number of carbonyl (C=O) groups excluding carboxylic acids is 1. The van der Waals surface area contributed by atoms with Crippen molar-refractivity contribution in [2.45, 2.75) is 51.9 Å². The van der Waals surface area contributed by atoms with Crippen molar-refractivity contribution in [3.63, 3.8) is 0 Å². The molecule has 1 saturated carbocycles. The molecule has 0 aromatic carbocycles. The molecule has 82 valence electrons. The standard InChI is InChI=1S/C12H22O2/c1-3-10(9-12(13)14-2)11-7-5-4-6-8-11/h10-11H,3-9H2,1-2H3. The maximum atomic E-state index is 11.2. The molecule has 0 aromatic rings. The minimum atomic E-state index is -0.0394. The van der Waals surface area contributed by atoms with Gasteiger partial charge in [0.25, 0.3) is 0 Å². The van der Waals surface area contributed by atoms with E-state index in [1.807, 2.05) is 0 Å². The van der Waals surface area contributed by atoms with Crippen molar-refractivity contribution in [2.24, 2.45) is 11.8 Å². The van der Waals surface area contributed by atoms with E-state index in [1.165, 1.54) is 39.2 Å². The van der Waals surface area contributed by atoms with Crippen LogP contribution in [0.1, 0.15) is 51.9 Å². The third-order valence-corrected chi connectivity index (χ3v) is 3.50. The zero-order valence-corrected chi connectivity index (χ0v) is 9.42. The highest BCUT2D eigenvalue weighted by Crippen LogP contribution is 2.33. The lowest BCUT2D eigenvalue weighted by atomic mass is 9.77. The maximum Gasteiger partial charge on any atom is 0.305 e. The molecule has 0 bridgehead atoms. The molecule has 1 aliphatic carbocycles. The Labute approximate surface area is 87.0 Å². The normalized spacial score (nSPS) is 20.4. The first kappa shape index (κ1) is 11.5. The molecule has 1 fully saturated rings. The Morgan fingerprint density at radius 2 is 2.00 bits per heavy atom. The van der Waals surface area contributed by atoms with Crippen molar-refractivity contribution in [2.75, 3.05) is 7.11 Å². The summed E-state index contributed by atoms with van der Waals surface area (Å²) in [5.74, 6) is 1.29. The van der Waals surface area contributed by atoms with Crippen LogP contribution in [0.15, 0.2) is 0 Å². The Kier molecular flexibility index (Phi) is 4.99. The van der Waals surface area contributed by atoms with Gasteiger partial charge >= 0.3 is 5.97 Å². The van der Waals surface area contributed by atoms with E-state index in [0.717, 1.165) is 12.3 Å². The molecule has 1 unspecified atom stereocenters. The van der Waals surface area contributed by atoms with E-state index in [2.05, 4.69) is 6.92 Å². The number of ether oxygens (including phenoxy) is 1. The smallest absolute Gasteiger partial charge is 0.305 e. The van der Waals surface area contributed by atoms with Gasteiger partial charge in [-0.2, -0.15) is 0 Å². The van der Waals surface area contributed by atoms with Gasteiger partial charge in [-0.25, -0.2) is 0 Å². The van der Waals surface area contributed by atoms with E-state index in [0.29, 0.717) is 12.3 Å². The number of carbonyl (C=O) groups is 1. The highest BCUT2D eigenvalue weighted by molar-refractivity contribution is 5.69. The molecule has 2 nitrogen and oxygen atoms in total. The van der Waals surface area contributed by atoms with Crippen LogP contribution in [0.5, 0.6) is 0 Å². The van der Waals surface area contributed by atoms with Gasteiger partial charge in [0.2, 0.25) is 0 Å². The van der Waals surface area contributed by atoms with Gasteiger partial charge in [-0.15, -0.1) is 0 Å². The largest absolute Gasteiger partial charge is 0.469 e. The summed E-state index contributed by atoms with van der Waals surface area (Å²) in [5.41, 5.74) is 0. The quantitative estimate of drug-likeness (QED) is 0.649. The fourth-order valence-corrected chi connectivity index (χ4v) is 2.55. The molecule has 1 rings (SSSR count). The van der Waals surface area contributed by atoms with E-state index in [4.69, 9.17) is 4.74 Å². The lowest BCUT2D eigenvalue weighted by Gasteiger charge is -2.28. The number of hydrogen-bond acceptors (Lipinski definition) is 2. The van der Waals surface area contributed by atoms with Gasteiger partial charge in [-0.05, 0) is 11.8 Å². The molecule has 2 heteroatoms. The van der Waals surface area contributed by atoms with Gasteiger partial charge in [0.05, 0.1) is 7.11 Å². The molecule has 0 aromatic heterocycles. The molecule has 0 radical (unpaired) electrons. The van der Waals surface area contributed by atoms with Crippen LogP contribution in [0.25, 0.3) is 0 Å². The highest BCUT2D eigenvalue weighted by Gasteiger charge is 2.24. The van der Waals surface area contributed by atoms with Crippen LogP contribution >= 0.6 is 0 Å². The molecule has 1 aliphatic rings. The van der Waals surface area contributed by atoms with Crippen molar-refractivity contribution >= 4 is 5.97 Å². The fraction of sp³-hybridized carbons (Fsp3) is 0.917. The second kappa shape index (κ2) is 6.05. The van der Waals surface area contributed by atoms with Gasteiger partial charge in [0.15, 0.2) is 0 Å². The van der Waals surface area contributed by atoms with Crippen LogP contribution < -0.4 is 0 Å². The molecular formula is C12H22O2. The van der Waals surface area contributed by atoms with E-state index < -0.39 is 0 Å². The Morgan fingerprint density at radius 1 is 1.36 bits per heavy atom. The summed E-state index contributed by atoms with van der Waals surface area (Å²) in [6, 6.07) is 0. The number of rotatable bonds is 4. The Hall–Kier alpha value is -0.530. The van der Waals surface area contributed by atoms with Crippen LogP contribution in [0.3, 0.4) is 0 Å². The van der Waals surface area contributed by atoms with Crippen molar-refractivity contribution in [1.82, 2.24) is 0 Å². The van der Waals surface area contributed by atoms with Gasteiger partial charge in [-0.3, -0.25) is 4.79 Å². The van der Waals surface area contributed by atoms with E-state index in [-0.39, 0.29) is 5.97 Å². The molecule has 0 spiro atoms. The minimum absolute atomic E-state index is 0.0394. The number of esters is 1. The van der Waals surface area contributed by atoms with E-state index in [9.17, 15) is 4.79 Å². The predicted octanol–water partition coefficient (Wildman–Crippen LogP) is 3.16. The summed E-state index contributed by atoms with van der Waals surface area (Å²) in [4.78, 5) is 11.2. The van der Waals surface area contributed by atoms with E-state index >= 15 is 0 Å². The average molecular weight is 198 g/mol. The van der Waals surface area contributed by atoms with Crippen molar-refractivity contribution in [3.05, 3.63) is 0 Å². The first-order chi connectivity index (χ1) is 6.77. The summed E-state index contributed by atoms with van der Waals surface area (Å²) < 4.78 is 4.73. The molecule has 0 aliphatic heterocycles. The molecule has 0 heterocycles. The number of methoxy groups -OCH3 is 1. The van der Waals surface area contributed by atoms with Gasteiger partial charge in [0.1, 0.15) is 0 Å². The lowest BCUT2D eigenvalue weighted by molar-refractivity contribution is -0.142. The number of hydrogen-bond donors (Lipinski definition) is 0. The fourth-order valence-electron chi connectivity index (χ4n) is 2.55. The summed E-state index contributed by atoms with van der Waals surface area (Å²) in [6.45, 7) is 2.18. The van der Waals surface area contributed by atoms with E-state index in [1.54, 1.807) is 0 Å². The second-order valence-corrected chi connectivity index (χ2v) is 4.35. The third-order valence-electron chi connectivity index (χ3n) is 3.50. The van der Waals surface area contributed by atoms with Crippen molar-refractivity contribution in [1.29, 1.82) is 0 Å². The summed E-state index contributed by atoms with van der Waals surface area (Å²) >= 11 is 0. The molecule has 0 amide bonds. The zero-order chi connectivity index (χ0) is 10.4. The average Bonchev–Trinajstić information content (AvgIpc) is 2.26. The SMILES string of the molecule is CCC(CC(=O)OC)C1CCCCC1. The third kappa shape index (κ3) is 3.32. The first-order valence-electron chi connectivity index (χ1n) is 5.84.